The summed E-state index contributed by atoms with van der Waals surface area (Å²) in [6, 6.07) is 14.7. The first-order valence-electron chi connectivity index (χ1n) is 8.39. The van der Waals surface area contributed by atoms with Gasteiger partial charge in [-0.3, -0.25) is 4.79 Å². The average Bonchev–Trinajstić information content (AvgIpc) is 2.97. The zero-order valence-electron chi connectivity index (χ0n) is 14.6. The van der Waals surface area contributed by atoms with E-state index in [0.717, 1.165) is 15.8 Å². The number of rotatable bonds is 3. The minimum Gasteiger partial charge on any atom is -0.422 e. The molecule has 0 saturated heterocycles. The number of allylic oxidation sites excluding steroid dienone is 1. The lowest BCUT2D eigenvalue weighted by Gasteiger charge is -2.01. The van der Waals surface area contributed by atoms with Crippen LogP contribution in [0.25, 0.3) is 21.2 Å². The topological polar surface area (TPSA) is 64.6 Å². The fourth-order valence-corrected chi connectivity index (χ4v) is 4.07. The number of para-hydroxylation sites is 1. The third kappa shape index (κ3) is 3.15. The van der Waals surface area contributed by atoms with E-state index in [1.54, 1.807) is 24.3 Å². The number of amides is 1. The second kappa shape index (κ2) is 6.81. The number of hydrogen-bond donors (Lipinski definition) is 0. The summed E-state index contributed by atoms with van der Waals surface area (Å²) < 4.78 is 8.18. The first kappa shape index (κ1) is 17.2. The molecule has 0 fully saturated rings. The zero-order chi connectivity index (χ0) is 19.0. The largest absolute Gasteiger partial charge is 0.422 e. The van der Waals surface area contributed by atoms with Crippen molar-refractivity contribution >= 4 is 38.4 Å². The standard InChI is InChI=1S/C21H16N2O3S/c1-3-10-23-16-9-8-13(2)11-18(16)27-21(23)22-19(24)15-12-14-6-4-5-7-17(14)26-20(15)25/h3-9,11-12H,1,10H2,2H3. The zero-order valence-corrected chi connectivity index (χ0v) is 15.5. The van der Waals surface area contributed by atoms with Crippen LogP contribution in [0.15, 0.2) is 75.4 Å². The minimum atomic E-state index is -0.685. The van der Waals surface area contributed by atoms with E-state index in [1.165, 1.54) is 17.4 Å². The van der Waals surface area contributed by atoms with Crippen LogP contribution in [0.3, 0.4) is 0 Å². The molecule has 0 aliphatic heterocycles. The maximum atomic E-state index is 12.7. The molecule has 5 nitrogen and oxygen atoms in total. The van der Waals surface area contributed by atoms with E-state index in [9.17, 15) is 9.59 Å². The molecule has 2 heterocycles. The number of carbonyl (C=O) groups excluding carboxylic acids is 1. The number of nitrogens with zero attached hydrogens (tertiary/aromatic N) is 2. The number of thiazole rings is 1. The van der Waals surface area contributed by atoms with Crippen LogP contribution >= 0.6 is 11.3 Å². The number of benzene rings is 2. The predicted octanol–water partition coefficient (Wildman–Crippen LogP) is 4.04. The molecule has 27 heavy (non-hydrogen) atoms. The molecule has 2 aromatic carbocycles. The normalized spacial score (nSPS) is 12.0. The molecule has 1 amide bonds. The molecule has 0 aliphatic rings. The Bertz CT molecular complexity index is 1320. The van der Waals surface area contributed by atoms with Crippen molar-refractivity contribution in [3.63, 3.8) is 0 Å². The molecule has 6 heteroatoms. The summed E-state index contributed by atoms with van der Waals surface area (Å²) in [6.07, 6.45) is 1.75. The Morgan fingerprint density at radius 2 is 2.07 bits per heavy atom. The Labute approximate surface area is 158 Å². The quantitative estimate of drug-likeness (QED) is 0.400. The molecule has 134 valence electrons. The van der Waals surface area contributed by atoms with Crippen molar-refractivity contribution in [1.29, 1.82) is 0 Å². The van der Waals surface area contributed by atoms with Crippen LogP contribution in [0.2, 0.25) is 0 Å². The molecule has 0 spiro atoms. The minimum absolute atomic E-state index is 0.0764. The molecular formula is C21H16N2O3S. The van der Waals surface area contributed by atoms with Crippen molar-refractivity contribution in [2.24, 2.45) is 4.99 Å². The fraction of sp³-hybridized carbons (Fsp3) is 0.0952. The maximum absolute atomic E-state index is 12.7. The molecular weight excluding hydrogens is 360 g/mol. The van der Waals surface area contributed by atoms with E-state index in [-0.39, 0.29) is 5.56 Å². The SMILES string of the molecule is C=CCn1c(=NC(=O)c2cc3ccccc3oc2=O)sc2cc(C)ccc21. The van der Waals surface area contributed by atoms with Crippen LogP contribution in [-0.2, 0) is 6.54 Å². The van der Waals surface area contributed by atoms with E-state index in [2.05, 4.69) is 11.6 Å². The van der Waals surface area contributed by atoms with Gasteiger partial charge in [0.1, 0.15) is 11.1 Å². The molecule has 4 aromatic rings. The molecule has 0 bridgehead atoms. The lowest BCUT2D eigenvalue weighted by atomic mass is 10.2. The molecule has 0 aliphatic carbocycles. The first-order valence-corrected chi connectivity index (χ1v) is 9.21. The third-order valence-corrected chi connectivity index (χ3v) is 5.26. The Hall–Kier alpha value is -3.25. The van der Waals surface area contributed by atoms with Gasteiger partial charge in [-0.05, 0) is 36.8 Å². The van der Waals surface area contributed by atoms with Gasteiger partial charge >= 0.3 is 5.63 Å². The average molecular weight is 376 g/mol. The Kier molecular flexibility index (Phi) is 4.33. The molecule has 0 atom stereocenters. The number of carbonyl (C=O) groups is 1. The summed E-state index contributed by atoms with van der Waals surface area (Å²) in [7, 11) is 0. The summed E-state index contributed by atoms with van der Waals surface area (Å²) >= 11 is 1.41. The van der Waals surface area contributed by atoms with Gasteiger partial charge in [-0.25, -0.2) is 4.79 Å². The van der Waals surface area contributed by atoms with E-state index >= 15 is 0 Å². The number of fused-ring (bicyclic) bond motifs is 2. The summed E-state index contributed by atoms with van der Waals surface area (Å²) in [5.41, 5.74) is 1.78. The molecule has 2 aromatic heterocycles. The highest BCUT2D eigenvalue weighted by atomic mass is 32.1. The van der Waals surface area contributed by atoms with Crippen LogP contribution in [0.5, 0.6) is 0 Å². The summed E-state index contributed by atoms with van der Waals surface area (Å²) in [5.74, 6) is -0.615. The van der Waals surface area contributed by atoms with Crippen LogP contribution in [-0.4, -0.2) is 10.5 Å². The van der Waals surface area contributed by atoms with Gasteiger partial charge in [-0.2, -0.15) is 4.99 Å². The van der Waals surface area contributed by atoms with Crippen molar-refractivity contribution in [2.45, 2.75) is 13.5 Å². The van der Waals surface area contributed by atoms with Crippen LogP contribution in [0, 0.1) is 6.92 Å². The summed E-state index contributed by atoms with van der Waals surface area (Å²) in [5, 5.41) is 0.682. The number of hydrogen-bond acceptors (Lipinski definition) is 4. The van der Waals surface area contributed by atoms with Gasteiger partial charge in [-0.1, -0.05) is 41.7 Å². The van der Waals surface area contributed by atoms with Gasteiger partial charge in [0.25, 0.3) is 5.91 Å². The monoisotopic (exact) mass is 376 g/mol. The van der Waals surface area contributed by atoms with E-state index in [4.69, 9.17) is 4.42 Å². The molecule has 0 unspecified atom stereocenters. The Balaban J connectivity index is 1.89. The Morgan fingerprint density at radius 1 is 1.26 bits per heavy atom. The lowest BCUT2D eigenvalue weighted by molar-refractivity contribution is 0.0994. The molecule has 4 rings (SSSR count). The van der Waals surface area contributed by atoms with Gasteiger partial charge in [0.15, 0.2) is 4.80 Å². The highest BCUT2D eigenvalue weighted by Crippen LogP contribution is 2.19. The second-order valence-electron chi connectivity index (χ2n) is 6.16. The van der Waals surface area contributed by atoms with Crippen LogP contribution < -0.4 is 10.4 Å². The third-order valence-electron chi connectivity index (χ3n) is 4.22. The van der Waals surface area contributed by atoms with Gasteiger partial charge < -0.3 is 8.98 Å². The summed E-state index contributed by atoms with van der Waals surface area (Å²) in [4.78, 5) is 29.7. The van der Waals surface area contributed by atoms with Crippen molar-refractivity contribution in [2.75, 3.05) is 0 Å². The van der Waals surface area contributed by atoms with E-state index < -0.39 is 11.5 Å². The number of aryl methyl sites for hydroxylation is 1. The lowest BCUT2D eigenvalue weighted by Crippen LogP contribution is -2.19. The number of aromatic nitrogens is 1. The van der Waals surface area contributed by atoms with Crippen LogP contribution in [0.1, 0.15) is 15.9 Å². The Morgan fingerprint density at radius 3 is 2.89 bits per heavy atom. The molecule has 0 N–H and O–H groups in total. The van der Waals surface area contributed by atoms with Crippen molar-refractivity contribution in [3.8, 4) is 0 Å². The highest BCUT2D eigenvalue weighted by molar-refractivity contribution is 7.16. The first-order chi connectivity index (χ1) is 13.1. The van der Waals surface area contributed by atoms with Crippen molar-refractivity contribution in [1.82, 2.24) is 4.57 Å². The molecule has 0 radical (unpaired) electrons. The van der Waals surface area contributed by atoms with Crippen molar-refractivity contribution in [3.05, 3.63) is 87.5 Å². The van der Waals surface area contributed by atoms with Crippen molar-refractivity contribution < 1.29 is 9.21 Å². The van der Waals surface area contributed by atoms with Gasteiger partial charge in [-0.15, -0.1) is 6.58 Å². The van der Waals surface area contributed by atoms with E-state index in [1.807, 2.05) is 35.8 Å². The van der Waals surface area contributed by atoms with Gasteiger partial charge in [0.2, 0.25) is 0 Å². The molecule has 0 saturated carbocycles. The van der Waals surface area contributed by atoms with E-state index in [0.29, 0.717) is 22.3 Å². The fourth-order valence-electron chi connectivity index (χ4n) is 2.93. The summed E-state index contributed by atoms with van der Waals surface area (Å²) in [6.45, 7) is 6.31. The predicted molar refractivity (Wildman–Crippen MR) is 107 cm³/mol. The van der Waals surface area contributed by atoms with Gasteiger partial charge in [0, 0.05) is 11.9 Å². The smallest absolute Gasteiger partial charge is 0.349 e. The van der Waals surface area contributed by atoms with Gasteiger partial charge in [0.05, 0.1) is 10.2 Å². The maximum Gasteiger partial charge on any atom is 0.349 e. The van der Waals surface area contributed by atoms with Crippen LogP contribution in [0.4, 0.5) is 0 Å². The highest BCUT2D eigenvalue weighted by Gasteiger charge is 2.14. The second-order valence-corrected chi connectivity index (χ2v) is 7.17.